The molecule has 27 heavy (non-hydrogen) atoms. The number of carbonyl (C=O) groups excluding carboxylic acids is 2. The van der Waals surface area contributed by atoms with Gasteiger partial charge in [0.1, 0.15) is 11.5 Å². The Bertz CT molecular complexity index is 829. The van der Waals surface area contributed by atoms with Gasteiger partial charge >= 0.3 is 0 Å². The Kier molecular flexibility index (Phi) is 5.85. The summed E-state index contributed by atoms with van der Waals surface area (Å²) in [5.74, 6) is -0.824. The maximum absolute atomic E-state index is 13.0. The van der Waals surface area contributed by atoms with Gasteiger partial charge in [0.25, 0.3) is 11.8 Å². The lowest BCUT2D eigenvalue weighted by molar-refractivity contribution is 0.0945. The van der Waals surface area contributed by atoms with Crippen molar-refractivity contribution in [3.8, 4) is 0 Å². The molecule has 0 saturated carbocycles. The van der Waals surface area contributed by atoms with E-state index in [2.05, 4.69) is 15.6 Å². The highest BCUT2D eigenvalue weighted by molar-refractivity contribution is 6.03. The number of aromatic nitrogens is 2. The highest BCUT2D eigenvalue weighted by Crippen LogP contribution is 2.22. The van der Waals surface area contributed by atoms with Gasteiger partial charge in [-0.1, -0.05) is 0 Å². The summed E-state index contributed by atoms with van der Waals surface area (Å²) in [7, 11) is 3.87. The van der Waals surface area contributed by atoms with Gasteiger partial charge in [0, 0.05) is 25.3 Å². The lowest BCUT2D eigenvalue weighted by Gasteiger charge is -2.17. The van der Waals surface area contributed by atoms with E-state index in [1.54, 1.807) is 0 Å². The highest BCUT2D eigenvalue weighted by Gasteiger charge is 2.27. The van der Waals surface area contributed by atoms with E-state index in [-0.39, 0.29) is 17.5 Å². The molecule has 0 fully saturated rings. The number of fused-ring (bicyclic) bond motifs is 1. The van der Waals surface area contributed by atoms with Gasteiger partial charge in [0.15, 0.2) is 5.82 Å². The number of anilines is 1. The van der Waals surface area contributed by atoms with Gasteiger partial charge in [-0.15, -0.1) is 0 Å². The van der Waals surface area contributed by atoms with Crippen molar-refractivity contribution in [2.45, 2.75) is 25.8 Å². The number of amides is 2. The van der Waals surface area contributed by atoms with Crippen molar-refractivity contribution >= 4 is 17.5 Å². The largest absolute Gasteiger partial charge is 0.349 e. The number of hydrogen-bond donors (Lipinski definition) is 2. The van der Waals surface area contributed by atoms with Crippen molar-refractivity contribution in [2.75, 3.05) is 32.5 Å². The van der Waals surface area contributed by atoms with E-state index in [9.17, 15) is 14.0 Å². The van der Waals surface area contributed by atoms with Crippen molar-refractivity contribution in [1.29, 1.82) is 0 Å². The zero-order valence-electron chi connectivity index (χ0n) is 15.6. The Balaban J connectivity index is 1.80. The first-order chi connectivity index (χ1) is 13.0. The molecule has 0 aliphatic carbocycles. The Morgan fingerprint density at radius 3 is 2.63 bits per heavy atom. The van der Waals surface area contributed by atoms with Crippen molar-refractivity contribution in [3.63, 3.8) is 0 Å². The van der Waals surface area contributed by atoms with E-state index < -0.39 is 5.91 Å². The Labute approximate surface area is 157 Å². The summed E-state index contributed by atoms with van der Waals surface area (Å²) >= 11 is 0. The molecule has 8 heteroatoms. The molecular weight excluding hydrogens is 349 g/mol. The zero-order chi connectivity index (χ0) is 19.4. The van der Waals surface area contributed by atoms with Crippen molar-refractivity contribution in [2.24, 2.45) is 0 Å². The second kappa shape index (κ2) is 8.30. The highest BCUT2D eigenvalue weighted by atomic mass is 19.1. The second-order valence-corrected chi connectivity index (χ2v) is 6.86. The Morgan fingerprint density at radius 1 is 1.19 bits per heavy atom. The fourth-order valence-corrected chi connectivity index (χ4v) is 3.10. The molecule has 0 atom stereocenters. The zero-order valence-corrected chi connectivity index (χ0v) is 15.6. The van der Waals surface area contributed by atoms with Crippen LogP contribution in [0.2, 0.25) is 0 Å². The van der Waals surface area contributed by atoms with E-state index in [1.165, 1.54) is 24.3 Å². The number of carbonyl (C=O) groups is 2. The molecule has 2 amide bonds. The van der Waals surface area contributed by atoms with Crippen LogP contribution in [0.1, 0.15) is 39.6 Å². The van der Waals surface area contributed by atoms with Gasteiger partial charge < -0.3 is 20.1 Å². The molecule has 1 aromatic heterocycles. The van der Waals surface area contributed by atoms with Crippen molar-refractivity contribution in [1.82, 2.24) is 19.8 Å². The molecular formula is C19H24FN5O2. The lowest BCUT2D eigenvalue weighted by Crippen LogP contribution is -2.32. The summed E-state index contributed by atoms with van der Waals surface area (Å²) in [5.41, 5.74) is 1.59. The molecule has 2 heterocycles. The average molecular weight is 373 g/mol. The van der Waals surface area contributed by atoms with Crippen LogP contribution in [-0.2, 0) is 13.0 Å². The minimum Gasteiger partial charge on any atom is -0.349 e. The van der Waals surface area contributed by atoms with E-state index in [0.29, 0.717) is 30.9 Å². The molecule has 1 aliphatic rings. The topological polar surface area (TPSA) is 79.3 Å². The molecule has 2 N–H and O–H groups in total. The number of nitrogens with one attached hydrogen (secondary N) is 2. The average Bonchev–Trinajstić information content (AvgIpc) is 3.03. The third-order valence-electron chi connectivity index (χ3n) is 4.48. The van der Waals surface area contributed by atoms with Gasteiger partial charge in [-0.05, 0) is 57.6 Å². The van der Waals surface area contributed by atoms with E-state index in [4.69, 9.17) is 0 Å². The maximum atomic E-state index is 13.0. The van der Waals surface area contributed by atoms with Crippen LogP contribution in [0, 0.1) is 5.82 Å². The van der Waals surface area contributed by atoms with Crippen LogP contribution in [-0.4, -0.2) is 53.5 Å². The third kappa shape index (κ3) is 4.51. The standard InChI is InChI=1S/C19H24FN5O2/c1-24(2)12-10-21-18(26)16-15-5-3-4-11-25(15)17(23-16)19(27)22-14-8-6-13(20)7-9-14/h6-9H,3-5,10-12H2,1-2H3,(H,21,26)(H,22,27). The number of rotatable bonds is 6. The van der Waals surface area contributed by atoms with Gasteiger partial charge in [-0.2, -0.15) is 0 Å². The predicted octanol–water partition coefficient (Wildman–Crippen LogP) is 1.90. The molecule has 0 bridgehead atoms. The lowest BCUT2D eigenvalue weighted by atomic mass is 10.1. The first-order valence-electron chi connectivity index (χ1n) is 9.05. The first-order valence-corrected chi connectivity index (χ1v) is 9.05. The molecule has 1 aromatic carbocycles. The SMILES string of the molecule is CN(C)CCNC(=O)c1nc(C(=O)Nc2ccc(F)cc2)n2c1CCCC2. The number of hydrogen-bond acceptors (Lipinski definition) is 4. The van der Waals surface area contributed by atoms with E-state index >= 15 is 0 Å². The number of imidazole rings is 1. The minimum atomic E-state index is -0.405. The van der Waals surface area contributed by atoms with Crippen LogP contribution >= 0.6 is 0 Å². The van der Waals surface area contributed by atoms with Crippen LogP contribution in [0.25, 0.3) is 0 Å². The van der Waals surface area contributed by atoms with Crippen LogP contribution in [0.5, 0.6) is 0 Å². The Morgan fingerprint density at radius 2 is 1.93 bits per heavy atom. The number of benzene rings is 1. The van der Waals surface area contributed by atoms with Gasteiger partial charge in [0.05, 0.1) is 5.69 Å². The number of nitrogens with zero attached hydrogens (tertiary/aromatic N) is 3. The molecule has 0 saturated heterocycles. The molecule has 0 radical (unpaired) electrons. The molecule has 0 spiro atoms. The first kappa shape index (κ1) is 19.0. The Hall–Kier alpha value is -2.74. The minimum absolute atomic E-state index is 0.215. The normalized spacial score (nSPS) is 13.3. The molecule has 2 aromatic rings. The molecule has 1 aliphatic heterocycles. The second-order valence-electron chi connectivity index (χ2n) is 6.86. The monoisotopic (exact) mass is 373 g/mol. The number of halogens is 1. The summed E-state index contributed by atoms with van der Waals surface area (Å²) in [4.78, 5) is 31.6. The number of likely N-dealkylation sites (N-methyl/N-ethyl adjacent to an activating group) is 1. The van der Waals surface area contributed by atoms with Crippen molar-refractivity contribution in [3.05, 3.63) is 47.3 Å². The van der Waals surface area contributed by atoms with E-state index in [1.807, 2.05) is 23.6 Å². The quantitative estimate of drug-likeness (QED) is 0.811. The maximum Gasteiger partial charge on any atom is 0.291 e. The summed E-state index contributed by atoms with van der Waals surface area (Å²) in [6, 6.07) is 5.53. The van der Waals surface area contributed by atoms with Crippen LogP contribution in [0.3, 0.4) is 0 Å². The predicted molar refractivity (Wildman–Crippen MR) is 100 cm³/mol. The fraction of sp³-hybridized carbons (Fsp3) is 0.421. The summed E-state index contributed by atoms with van der Waals surface area (Å²) < 4.78 is 14.9. The van der Waals surface area contributed by atoms with Gasteiger partial charge in [-0.3, -0.25) is 9.59 Å². The van der Waals surface area contributed by atoms with Crippen LogP contribution in [0.4, 0.5) is 10.1 Å². The molecule has 7 nitrogen and oxygen atoms in total. The third-order valence-corrected chi connectivity index (χ3v) is 4.48. The summed E-state index contributed by atoms with van der Waals surface area (Å²) in [6.07, 6.45) is 2.61. The summed E-state index contributed by atoms with van der Waals surface area (Å²) in [5, 5.41) is 5.58. The van der Waals surface area contributed by atoms with Crippen molar-refractivity contribution < 1.29 is 14.0 Å². The molecule has 3 rings (SSSR count). The smallest absolute Gasteiger partial charge is 0.291 e. The van der Waals surface area contributed by atoms with Crippen LogP contribution in [0.15, 0.2) is 24.3 Å². The van der Waals surface area contributed by atoms with Crippen LogP contribution < -0.4 is 10.6 Å². The van der Waals surface area contributed by atoms with E-state index in [0.717, 1.165) is 25.1 Å². The summed E-state index contributed by atoms with van der Waals surface area (Å²) in [6.45, 7) is 1.88. The fourth-order valence-electron chi connectivity index (χ4n) is 3.10. The molecule has 0 unspecified atom stereocenters. The molecule has 144 valence electrons. The van der Waals surface area contributed by atoms with Gasteiger partial charge in [-0.25, -0.2) is 9.37 Å². The van der Waals surface area contributed by atoms with Gasteiger partial charge in [0.2, 0.25) is 0 Å².